The molecule has 1 fully saturated rings. The maximum Gasteiger partial charge on any atom is 0.294 e. The minimum Gasteiger partial charge on any atom is -0.451 e. The van der Waals surface area contributed by atoms with E-state index in [1.807, 2.05) is 6.92 Å². The van der Waals surface area contributed by atoms with Crippen LogP contribution in [0, 0.1) is 12.7 Å². The molecule has 108 valence electrons. The van der Waals surface area contributed by atoms with E-state index in [9.17, 15) is 4.39 Å². The molecule has 3 aromatic rings. The van der Waals surface area contributed by atoms with Gasteiger partial charge in [-0.05, 0) is 44.4 Å². The molecule has 1 aromatic carbocycles. The number of fused-ring (bicyclic) bond motifs is 1. The highest BCUT2D eigenvalue weighted by atomic mass is 19.1. The fourth-order valence-corrected chi connectivity index (χ4v) is 2.70. The summed E-state index contributed by atoms with van der Waals surface area (Å²) in [5.41, 5.74) is 7.07. The number of hydrogen-bond acceptors (Lipinski definition) is 5. The van der Waals surface area contributed by atoms with Crippen molar-refractivity contribution in [3.05, 3.63) is 35.4 Å². The maximum absolute atomic E-state index is 13.3. The van der Waals surface area contributed by atoms with Crippen LogP contribution < -0.4 is 5.73 Å². The molecule has 0 spiro atoms. The van der Waals surface area contributed by atoms with Crippen molar-refractivity contribution in [2.45, 2.75) is 31.7 Å². The highest BCUT2D eigenvalue weighted by Gasteiger charge is 2.39. The molecule has 0 atom stereocenters. The van der Waals surface area contributed by atoms with Crippen LogP contribution >= 0.6 is 0 Å². The maximum atomic E-state index is 13.3. The Bertz CT molecular complexity index is 833. The third-order valence-electron chi connectivity index (χ3n) is 4.21. The summed E-state index contributed by atoms with van der Waals surface area (Å²) in [6, 6.07) is 4.39. The van der Waals surface area contributed by atoms with Gasteiger partial charge in [0, 0.05) is 10.9 Å². The van der Waals surface area contributed by atoms with Gasteiger partial charge in [-0.15, -0.1) is 0 Å². The first-order valence-corrected chi connectivity index (χ1v) is 6.89. The van der Waals surface area contributed by atoms with E-state index >= 15 is 0 Å². The van der Waals surface area contributed by atoms with Gasteiger partial charge in [0.1, 0.15) is 11.4 Å². The van der Waals surface area contributed by atoms with Crippen LogP contribution in [0.4, 0.5) is 4.39 Å². The van der Waals surface area contributed by atoms with Crippen LogP contribution in [0.2, 0.25) is 0 Å². The van der Waals surface area contributed by atoms with Crippen molar-refractivity contribution < 1.29 is 13.3 Å². The second-order valence-electron chi connectivity index (χ2n) is 5.63. The highest BCUT2D eigenvalue weighted by molar-refractivity contribution is 5.86. The van der Waals surface area contributed by atoms with E-state index < -0.39 is 5.54 Å². The van der Waals surface area contributed by atoms with E-state index in [2.05, 4.69) is 10.1 Å². The average Bonchev–Trinajstić information content (AvgIpc) is 3.02. The molecule has 1 aliphatic carbocycles. The Morgan fingerprint density at radius 2 is 2.14 bits per heavy atom. The van der Waals surface area contributed by atoms with Gasteiger partial charge in [0.25, 0.3) is 5.89 Å². The number of nitrogens with two attached hydrogens (primary N) is 1. The lowest BCUT2D eigenvalue weighted by Gasteiger charge is -2.34. The van der Waals surface area contributed by atoms with Crippen molar-refractivity contribution in [1.82, 2.24) is 10.1 Å². The van der Waals surface area contributed by atoms with Crippen LogP contribution in [-0.2, 0) is 5.54 Å². The molecule has 6 heteroatoms. The summed E-state index contributed by atoms with van der Waals surface area (Å²) in [4.78, 5) is 4.36. The minimum absolute atomic E-state index is 0.288. The number of hydrogen-bond donors (Lipinski definition) is 1. The zero-order valence-electron chi connectivity index (χ0n) is 11.5. The third-order valence-corrected chi connectivity index (χ3v) is 4.21. The summed E-state index contributed by atoms with van der Waals surface area (Å²) in [6.07, 6.45) is 2.79. The van der Waals surface area contributed by atoms with Gasteiger partial charge in [0.05, 0.1) is 5.54 Å². The van der Waals surface area contributed by atoms with Crippen molar-refractivity contribution in [1.29, 1.82) is 0 Å². The zero-order chi connectivity index (χ0) is 14.6. The molecule has 0 unspecified atom stereocenters. The summed E-state index contributed by atoms with van der Waals surface area (Å²) >= 11 is 0. The van der Waals surface area contributed by atoms with Crippen LogP contribution in [-0.4, -0.2) is 10.1 Å². The predicted molar refractivity (Wildman–Crippen MR) is 73.9 cm³/mol. The molecule has 0 bridgehead atoms. The van der Waals surface area contributed by atoms with Gasteiger partial charge in [0.15, 0.2) is 11.6 Å². The van der Waals surface area contributed by atoms with Gasteiger partial charge in [-0.1, -0.05) is 5.16 Å². The summed E-state index contributed by atoms with van der Waals surface area (Å²) in [5, 5.41) is 4.67. The number of aromatic nitrogens is 2. The number of furan rings is 1. The Labute approximate surface area is 119 Å². The molecule has 2 N–H and O–H groups in total. The molecule has 0 aliphatic heterocycles. The molecule has 0 amide bonds. The van der Waals surface area contributed by atoms with Gasteiger partial charge >= 0.3 is 0 Å². The van der Waals surface area contributed by atoms with Gasteiger partial charge in [-0.25, -0.2) is 4.39 Å². The highest BCUT2D eigenvalue weighted by Crippen LogP contribution is 2.39. The Morgan fingerprint density at radius 1 is 1.33 bits per heavy atom. The Hall–Kier alpha value is -2.21. The average molecular weight is 287 g/mol. The summed E-state index contributed by atoms with van der Waals surface area (Å²) in [6.45, 7) is 1.84. The molecule has 21 heavy (non-hydrogen) atoms. The fraction of sp³-hybridized carbons (Fsp3) is 0.333. The van der Waals surface area contributed by atoms with Crippen LogP contribution in [0.5, 0.6) is 0 Å². The van der Waals surface area contributed by atoms with E-state index in [0.717, 1.165) is 24.8 Å². The van der Waals surface area contributed by atoms with E-state index in [-0.39, 0.29) is 11.7 Å². The number of benzene rings is 1. The summed E-state index contributed by atoms with van der Waals surface area (Å²) in [5.74, 6) is 0.961. The van der Waals surface area contributed by atoms with E-state index in [1.54, 1.807) is 6.07 Å². The molecule has 4 rings (SSSR count). The molecule has 2 heterocycles. The second-order valence-corrected chi connectivity index (χ2v) is 5.63. The Kier molecular flexibility index (Phi) is 2.47. The molecular weight excluding hydrogens is 273 g/mol. The van der Waals surface area contributed by atoms with Crippen molar-refractivity contribution in [2.75, 3.05) is 0 Å². The monoisotopic (exact) mass is 287 g/mol. The lowest BCUT2D eigenvalue weighted by Crippen LogP contribution is -2.44. The first-order chi connectivity index (χ1) is 10.1. The SMILES string of the molecule is Cc1c(-c2nc(C3(N)CCC3)no2)oc2ccc(F)cc12. The molecule has 0 saturated heterocycles. The van der Waals surface area contributed by atoms with E-state index in [0.29, 0.717) is 22.6 Å². The largest absolute Gasteiger partial charge is 0.451 e. The quantitative estimate of drug-likeness (QED) is 0.782. The molecule has 2 aromatic heterocycles. The summed E-state index contributed by atoms with van der Waals surface area (Å²) < 4.78 is 24.3. The van der Waals surface area contributed by atoms with Crippen LogP contribution in [0.3, 0.4) is 0 Å². The Morgan fingerprint density at radius 3 is 2.86 bits per heavy atom. The number of halogens is 1. The minimum atomic E-state index is -0.478. The standard InChI is InChI=1S/C15H14FN3O2/c1-8-10-7-9(16)3-4-11(10)20-12(8)13-18-14(19-21-13)15(17)5-2-6-15/h3-4,7H,2,5-6,17H2,1H3. The van der Waals surface area contributed by atoms with Gasteiger partial charge < -0.3 is 14.7 Å². The molecule has 1 saturated carbocycles. The van der Waals surface area contributed by atoms with Gasteiger partial charge in [-0.2, -0.15) is 4.98 Å². The lowest BCUT2D eigenvalue weighted by atomic mass is 9.77. The Balaban J connectivity index is 1.81. The van der Waals surface area contributed by atoms with E-state index in [4.69, 9.17) is 14.7 Å². The normalized spacial score (nSPS) is 17.1. The van der Waals surface area contributed by atoms with Crippen molar-refractivity contribution in [2.24, 2.45) is 5.73 Å². The smallest absolute Gasteiger partial charge is 0.294 e. The zero-order valence-corrected chi connectivity index (χ0v) is 11.5. The third kappa shape index (κ3) is 1.79. The van der Waals surface area contributed by atoms with Gasteiger partial charge in [-0.3, -0.25) is 0 Å². The number of aryl methyl sites for hydroxylation is 1. The molecule has 5 nitrogen and oxygen atoms in total. The van der Waals surface area contributed by atoms with Crippen LogP contribution in [0.1, 0.15) is 30.7 Å². The fourth-order valence-electron chi connectivity index (χ4n) is 2.70. The first-order valence-electron chi connectivity index (χ1n) is 6.89. The first kappa shape index (κ1) is 12.5. The number of rotatable bonds is 2. The molecule has 1 aliphatic rings. The molecular formula is C15H14FN3O2. The van der Waals surface area contributed by atoms with Crippen molar-refractivity contribution >= 4 is 11.0 Å². The summed E-state index contributed by atoms with van der Waals surface area (Å²) in [7, 11) is 0. The topological polar surface area (TPSA) is 78.1 Å². The molecule has 0 radical (unpaired) electrons. The second kappa shape index (κ2) is 4.14. The van der Waals surface area contributed by atoms with Crippen LogP contribution in [0.15, 0.2) is 27.1 Å². The van der Waals surface area contributed by atoms with Crippen molar-refractivity contribution in [3.8, 4) is 11.7 Å². The lowest BCUT2D eigenvalue weighted by molar-refractivity contribution is 0.229. The van der Waals surface area contributed by atoms with Gasteiger partial charge in [0.2, 0.25) is 0 Å². The van der Waals surface area contributed by atoms with Crippen LogP contribution in [0.25, 0.3) is 22.6 Å². The van der Waals surface area contributed by atoms with E-state index in [1.165, 1.54) is 12.1 Å². The van der Waals surface area contributed by atoms with Crippen molar-refractivity contribution in [3.63, 3.8) is 0 Å². The predicted octanol–water partition coefficient (Wildman–Crippen LogP) is 3.27. The number of nitrogens with zero attached hydrogens (tertiary/aromatic N) is 2.